The summed E-state index contributed by atoms with van der Waals surface area (Å²) < 4.78 is 0. The molecular formula is C18H20N2O2S. The third-order valence-electron chi connectivity index (χ3n) is 3.34. The molecule has 2 aromatic rings. The summed E-state index contributed by atoms with van der Waals surface area (Å²) in [5.41, 5.74) is 3.93. The molecule has 120 valence electrons. The Morgan fingerprint density at radius 2 is 1.57 bits per heavy atom. The Hall–Kier alpha value is -2.27. The van der Waals surface area contributed by atoms with Gasteiger partial charge in [-0.3, -0.25) is 9.59 Å². The zero-order chi connectivity index (χ0) is 16.8. The van der Waals surface area contributed by atoms with E-state index in [0.717, 1.165) is 21.8 Å². The number of hydrogen-bond donors (Lipinski definition) is 2. The number of carbonyl (C=O) groups is 2. The molecule has 2 rings (SSSR count). The zero-order valence-electron chi connectivity index (χ0n) is 13.5. The van der Waals surface area contributed by atoms with Gasteiger partial charge in [0, 0.05) is 23.2 Å². The highest BCUT2D eigenvalue weighted by atomic mass is 32.2. The molecular weight excluding hydrogens is 308 g/mol. The number of nitrogens with one attached hydrogen (secondary N) is 2. The second-order valence-corrected chi connectivity index (χ2v) is 6.39. The molecule has 2 N–H and O–H groups in total. The predicted molar refractivity (Wildman–Crippen MR) is 96.0 cm³/mol. The summed E-state index contributed by atoms with van der Waals surface area (Å²) in [5.74, 6) is 0.203. The van der Waals surface area contributed by atoms with E-state index in [0.29, 0.717) is 5.75 Å². The molecule has 0 bridgehead atoms. The number of amides is 2. The summed E-state index contributed by atoms with van der Waals surface area (Å²) in [5, 5.41) is 5.61. The first kappa shape index (κ1) is 17.1. The van der Waals surface area contributed by atoms with Crippen LogP contribution in [0.1, 0.15) is 18.1 Å². The summed E-state index contributed by atoms with van der Waals surface area (Å²) >= 11 is 1.46. The van der Waals surface area contributed by atoms with Gasteiger partial charge < -0.3 is 10.6 Å². The number of rotatable bonds is 5. The lowest BCUT2D eigenvalue weighted by Crippen LogP contribution is -2.14. The number of hydrogen-bond acceptors (Lipinski definition) is 3. The van der Waals surface area contributed by atoms with Crippen molar-refractivity contribution in [2.75, 3.05) is 16.4 Å². The van der Waals surface area contributed by atoms with E-state index < -0.39 is 0 Å². The number of thioether (sulfide) groups is 1. The lowest BCUT2D eigenvalue weighted by atomic mass is 10.1. The van der Waals surface area contributed by atoms with Crippen molar-refractivity contribution < 1.29 is 9.59 Å². The van der Waals surface area contributed by atoms with E-state index in [1.54, 1.807) is 0 Å². The van der Waals surface area contributed by atoms with E-state index >= 15 is 0 Å². The summed E-state index contributed by atoms with van der Waals surface area (Å²) in [6, 6.07) is 13.3. The number of benzene rings is 2. The average Bonchev–Trinajstić information content (AvgIpc) is 2.50. The van der Waals surface area contributed by atoms with Crippen LogP contribution in [0.15, 0.2) is 47.4 Å². The highest BCUT2D eigenvalue weighted by Crippen LogP contribution is 2.21. The van der Waals surface area contributed by atoms with Crippen LogP contribution in [0.5, 0.6) is 0 Å². The molecule has 2 amide bonds. The first-order chi connectivity index (χ1) is 10.9. The highest BCUT2D eigenvalue weighted by Gasteiger charge is 2.05. The standard InChI is InChI=1S/C18H20N2O2S/c1-12-4-5-16(10-13(12)2)20-18(22)11-23-17-8-6-15(7-9-17)19-14(3)21/h4-10H,11H2,1-3H3,(H,19,21)(H,20,22). The molecule has 0 saturated heterocycles. The van der Waals surface area contributed by atoms with Gasteiger partial charge in [0.25, 0.3) is 0 Å². The van der Waals surface area contributed by atoms with E-state index in [1.165, 1.54) is 24.2 Å². The second kappa shape index (κ2) is 7.83. The summed E-state index contributed by atoms with van der Waals surface area (Å²) in [6.45, 7) is 5.54. The van der Waals surface area contributed by atoms with Gasteiger partial charge in [-0.2, -0.15) is 0 Å². The Morgan fingerprint density at radius 1 is 0.913 bits per heavy atom. The van der Waals surface area contributed by atoms with Crippen LogP contribution >= 0.6 is 11.8 Å². The van der Waals surface area contributed by atoms with Crippen molar-refractivity contribution in [1.29, 1.82) is 0 Å². The van der Waals surface area contributed by atoms with E-state index in [2.05, 4.69) is 10.6 Å². The summed E-state index contributed by atoms with van der Waals surface area (Å²) in [7, 11) is 0. The molecule has 0 aliphatic rings. The van der Waals surface area contributed by atoms with E-state index in [4.69, 9.17) is 0 Å². The molecule has 0 aliphatic carbocycles. The minimum absolute atomic E-state index is 0.0378. The van der Waals surface area contributed by atoms with Gasteiger partial charge in [0.1, 0.15) is 0 Å². The first-order valence-corrected chi connectivity index (χ1v) is 8.30. The third kappa shape index (κ3) is 5.45. The minimum atomic E-state index is -0.0989. The number of aryl methyl sites for hydroxylation is 2. The van der Waals surface area contributed by atoms with Crippen LogP contribution in [0, 0.1) is 13.8 Å². The fraction of sp³-hybridized carbons (Fsp3) is 0.222. The minimum Gasteiger partial charge on any atom is -0.326 e. The third-order valence-corrected chi connectivity index (χ3v) is 4.35. The SMILES string of the molecule is CC(=O)Nc1ccc(SCC(=O)Nc2ccc(C)c(C)c2)cc1. The van der Waals surface area contributed by atoms with Gasteiger partial charge in [0.15, 0.2) is 0 Å². The molecule has 0 heterocycles. The monoisotopic (exact) mass is 328 g/mol. The quantitative estimate of drug-likeness (QED) is 0.816. The Kier molecular flexibility index (Phi) is 5.82. The van der Waals surface area contributed by atoms with Crippen molar-refractivity contribution in [2.24, 2.45) is 0 Å². The Morgan fingerprint density at radius 3 is 2.17 bits per heavy atom. The Balaban J connectivity index is 1.86. The maximum Gasteiger partial charge on any atom is 0.234 e. The fourth-order valence-corrected chi connectivity index (χ4v) is 2.70. The lowest BCUT2D eigenvalue weighted by molar-refractivity contribution is -0.114. The van der Waals surface area contributed by atoms with Gasteiger partial charge >= 0.3 is 0 Å². The van der Waals surface area contributed by atoms with Crippen LogP contribution in [0.3, 0.4) is 0 Å². The van der Waals surface area contributed by atoms with Gasteiger partial charge in [-0.15, -0.1) is 11.8 Å². The smallest absolute Gasteiger partial charge is 0.234 e. The van der Waals surface area contributed by atoms with Gasteiger partial charge in [-0.25, -0.2) is 0 Å². The molecule has 0 fully saturated rings. The van der Waals surface area contributed by atoms with Crippen LogP contribution in [0.2, 0.25) is 0 Å². The molecule has 0 unspecified atom stereocenters. The van der Waals surface area contributed by atoms with Crippen molar-refractivity contribution in [3.05, 3.63) is 53.6 Å². The molecule has 0 aromatic heterocycles. The van der Waals surface area contributed by atoms with Crippen LogP contribution in [-0.4, -0.2) is 17.6 Å². The molecule has 0 atom stereocenters. The van der Waals surface area contributed by atoms with Gasteiger partial charge in [0.2, 0.25) is 11.8 Å². The van der Waals surface area contributed by atoms with Crippen molar-refractivity contribution >= 4 is 35.0 Å². The molecule has 23 heavy (non-hydrogen) atoms. The maximum atomic E-state index is 12.0. The van der Waals surface area contributed by atoms with Crippen molar-refractivity contribution in [1.82, 2.24) is 0 Å². The van der Waals surface area contributed by atoms with E-state index in [9.17, 15) is 9.59 Å². The van der Waals surface area contributed by atoms with Crippen LogP contribution in [-0.2, 0) is 9.59 Å². The Bertz CT molecular complexity index is 711. The van der Waals surface area contributed by atoms with Crippen LogP contribution in [0.4, 0.5) is 11.4 Å². The molecule has 0 saturated carbocycles. The maximum absolute atomic E-state index is 12.0. The molecule has 4 nitrogen and oxygen atoms in total. The van der Waals surface area contributed by atoms with E-state index in [-0.39, 0.29) is 11.8 Å². The molecule has 2 aromatic carbocycles. The normalized spacial score (nSPS) is 10.2. The van der Waals surface area contributed by atoms with Crippen molar-refractivity contribution in [3.63, 3.8) is 0 Å². The summed E-state index contributed by atoms with van der Waals surface area (Å²) in [6.07, 6.45) is 0. The first-order valence-electron chi connectivity index (χ1n) is 7.31. The van der Waals surface area contributed by atoms with Gasteiger partial charge in [-0.1, -0.05) is 6.07 Å². The molecule has 5 heteroatoms. The highest BCUT2D eigenvalue weighted by molar-refractivity contribution is 8.00. The molecule has 0 spiro atoms. The predicted octanol–water partition coefficient (Wildman–Crippen LogP) is 3.99. The largest absolute Gasteiger partial charge is 0.326 e. The second-order valence-electron chi connectivity index (χ2n) is 5.34. The molecule has 0 radical (unpaired) electrons. The average molecular weight is 328 g/mol. The van der Waals surface area contributed by atoms with Gasteiger partial charge in [0.05, 0.1) is 5.75 Å². The van der Waals surface area contributed by atoms with Gasteiger partial charge in [-0.05, 0) is 61.4 Å². The zero-order valence-corrected chi connectivity index (χ0v) is 14.3. The number of carbonyl (C=O) groups excluding carboxylic acids is 2. The van der Waals surface area contributed by atoms with E-state index in [1.807, 2.05) is 56.3 Å². The lowest BCUT2D eigenvalue weighted by Gasteiger charge is -2.08. The number of anilines is 2. The van der Waals surface area contributed by atoms with Crippen molar-refractivity contribution in [3.8, 4) is 0 Å². The summed E-state index contributed by atoms with van der Waals surface area (Å²) in [4.78, 5) is 23.9. The topological polar surface area (TPSA) is 58.2 Å². The fourth-order valence-electron chi connectivity index (χ4n) is 2.00. The molecule has 0 aliphatic heterocycles. The van der Waals surface area contributed by atoms with Crippen LogP contribution < -0.4 is 10.6 Å². The van der Waals surface area contributed by atoms with Crippen LogP contribution in [0.25, 0.3) is 0 Å². The Labute approximate surface area is 140 Å². The van der Waals surface area contributed by atoms with Crippen molar-refractivity contribution in [2.45, 2.75) is 25.7 Å².